The van der Waals surface area contributed by atoms with Crippen LogP contribution < -0.4 is 10.2 Å². The van der Waals surface area contributed by atoms with Crippen LogP contribution >= 0.6 is 0 Å². The van der Waals surface area contributed by atoms with Crippen LogP contribution in [0.2, 0.25) is 0 Å². The summed E-state index contributed by atoms with van der Waals surface area (Å²) in [6.07, 6.45) is 0. The number of hydrogen-bond acceptors (Lipinski definition) is 3. The van der Waals surface area contributed by atoms with Gasteiger partial charge in [-0.2, -0.15) is 0 Å². The van der Waals surface area contributed by atoms with Gasteiger partial charge in [0.1, 0.15) is 0 Å². The number of nitrogens with zero attached hydrogens (tertiary/aromatic N) is 1. The van der Waals surface area contributed by atoms with Crippen molar-refractivity contribution in [3.05, 3.63) is 29.8 Å². The first kappa shape index (κ1) is 16.0. The number of rotatable bonds is 8. The van der Waals surface area contributed by atoms with Gasteiger partial charge in [-0.25, -0.2) is 0 Å². The summed E-state index contributed by atoms with van der Waals surface area (Å²) in [4.78, 5) is 2.34. The molecule has 19 heavy (non-hydrogen) atoms. The van der Waals surface area contributed by atoms with Crippen LogP contribution in [-0.4, -0.2) is 33.4 Å². The van der Waals surface area contributed by atoms with E-state index in [2.05, 4.69) is 62.3 Å². The molecule has 1 aromatic rings. The van der Waals surface area contributed by atoms with E-state index in [4.69, 9.17) is 4.74 Å². The Morgan fingerprint density at radius 1 is 1.16 bits per heavy atom. The lowest BCUT2D eigenvalue weighted by molar-refractivity contribution is 0.199. The van der Waals surface area contributed by atoms with E-state index in [1.807, 2.05) is 0 Å². The van der Waals surface area contributed by atoms with E-state index in [0.717, 1.165) is 19.7 Å². The van der Waals surface area contributed by atoms with E-state index < -0.39 is 0 Å². The molecule has 0 heterocycles. The molecule has 1 atom stereocenters. The van der Waals surface area contributed by atoms with Gasteiger partial charge in [-0.05, 0) is 30.5 Å². The summed E-state index contributed by atoms with van der Waals surface area (Å²) in [6, 6.07) is 9.33. The molecule has 0 amide bonds. The lowest BCUT2D eigenvalue weighted by atomic mass is 10.0. The van der Waals surface area contributed by atoms with Gasteiger partial charge in [-0.15, -0.1) is 0 Å². The molecule has 0 aliphatic heterocycles. The minimum Gasteiger partial charge on any atom is -0.383 e. The van der Waals surface area contributed by atoms with Crippen molar-refractivity contribution < 1.29 is 4.74 Å². The second-order valence-corrected chi connectivity index (χ2v) is 5.43. The molecule has 0 fully saturated rings. The van der Waals surface area contributed by atoms with Crippen molar-refractivity contribution in [1.29, 1.82) is 0 Å². The number of methoxy groups -OCH3 is 1. The van der Waals surface area contributed by atoms with E-state index in [1.165, 1.54) is 11.3 Å². The third-order valence-corrected chi connectivity index (χ3v) is 3.73. The molecule has 0 aliphatic rings. The monoisotopic (exact) mass is 264 g/mol. The number of nitrogens with one attached hydrogen (secondary N) is 1. The number of benzene rings is 1. The van der Waals surface area contributed by atoms with Crippen LogP contribution in [0.3, 0.4) is 0 Å². The van der Waals surface area contributed by atoms with Crippen LogP contribution in [0.5, 0.6) is 0 Å². The Bertz CT molecular complexity index is 348. The summed E-state index contributed by atoms with van der Waals surface area (Å²) in [6.45, 7) is 9.33. The largest absolute Gasteiger partial charge is 0.383 e. The molecule has 1 aromatic carbocycles. The topological polar surface area (TPSA) is 24.5 Å². The Balaban J connectivity index is 2.51. The zero-order chi connectivity index (χ0) is 14.3. The smallest absolute Gasteiger partial charge is 0.0587 e. The van der Waals surface area contributed by atoms with Crippen molar-refractivity contribution in [2.45, 2.75) is 33.4 Å². The highest BCUT2D eigenvalue weighted by Crippen LogP contribution is 2.19. The van der Waals surface area contributed by atoms with Crippen LogP contribution in [-0.2, 0) is 11.3 Å². The molecule has 0 bridgehead atoms. The Morgan fingerprint density at radius 3 is 2.32 bits per heavy atom. The van der Waals surface area contributed by atoms with E-state index in [1.54, 1.807) is 7.11 Å². The van der Waals surface area contributed by atoms with Crippen molar-refractivity contribution in [2.75, 3.05) is 32.2 Å². The predicted octanol–water partition coefficient (Wildman–Crippen LogP) is 2.90. The number of hydrogen-bond donors (Lipinski definition) is 1. The molecular formula is C16H28N2O. The molecule has 0 aromatic heterocycles. The quantitative estimate of drug-likeness (QED) is 0.731. The van der Waals surface area contributed by atoms with Crippen molar-refractivity contribution in [3.8, 4) is 0 Å². The molecule has 1 N–H and O–H groups in total. The van der Waals surface area contributed by atoms with Crippen molar-refractivity contribution in [3.63, 3.8) is 0 Å². The first-order valence-electron chi connectivity index (χ1n) is 7.07. The predicted molar refractivity (Wildman–Crippen MR) is 82.7 cm³/mol. The van der Waals surface area contributed by atoms with Crippen molar-refractivity contribution >= 4 is 5.69 Å². The summed E-state index contributed by atoms with van der Waals surface area (Å²) < 4.78 is 5.01. The van der Waals surface area contributed by atoms with Gasteiger partial charge < -0.3 is 15.0 Å². The third kappa shape index (κ3) is 5.21. The van der Waals surface area contributed by atoms with Crippen molar-refractivity contribution in [2.24, 2.45) is 5.92 Å². The zero-order valence-electron chi connectivity index (χ0n) is 12.9. The standard InChI is InChI=1S/C16H28N2O/c1-13(2)14(3)18(4)16-8-6-15(7-9-16)12-17-10-11-19-5/h6-9,13-14,17H,10-12H2,1-5H3. The molecule has 3 nitrogen and oxygen atoms in total. The van der Waals surface area contributed by atoms with E-state index in [9.17, 15) is 0 Å². The second kappa shape index (κ2) is 8.18. The van der Waals surface area contributed by atoms with Gasteiger partial charge in [-0.3, -0.25) is 0 Å². The van der Waals surface area contributed by atoms with Crippen molar-refractivity contribution in [1.82, 2.24) is 5.32 Å². The van der Waals surface area contributed by atoms with Crippen LogP contribution in [0.15, 0.2) is 24.3 Å². The lowest BCUT2D eigenvalue weighted by Gasteiger charge is -2.30. The SMILES string of the molecule is COCCNCc1ccc(N(C)C(C)C(C)C)cc1. The highest BCUT2D eigenvalue weighted by atomic mass is 16.5. The Kier molecular flexibility index (Phi) is 6.89. The first-order valence-corrected chi connectivity index (χ1v) is 7.07. The fraction of sp³-hybridized carbons (Fsp3) is 0.625. The zero-order valence-corrected chi connectivity index (χ0v) is 12.9. The summed E-state index contributed by atoms with van der Waals surface area (Å²) >= 11 is 0. The first-order chi connectivity index (χ1) is 9.06. The summed E-state index contributed by atoms with van der Waals surface area (Å²) in [5.74, 6) is 0.653. The van der Waals surface area contributed by atoms with Crippen LogP contribution in [0.1, 0.15) is 26.3 Å². The van der Waals surface area contributed by atoms with Crippen LogP contribution in [0.25, 0.3) is 0 Å². The van der Waals surface area contributed by atoms with Gasteiger partial charge in [0.05, 0.1) is 6.61 Å². The summed E-state index contributed by atoms with van der Waals surface area (Å²) in [5, 5.41) is 3.35. The summed E-state index contributed by atoms with van der Waals surface area (Å²) in [5.41, 5.74) is 2.59. The van der Waals surface area contributed by atoms with Gasteiger partial charge in [0.25, 0.3) is 0 Å². The molecule has 108 valence electrons. The van der Waals surface area contributed by atoms with Gasteiger partial charge in [-0.1, -0.05) is 26.0 Å². The maximum Gasteiger partial charge on any atom is 0.0587 e. The fourth-order valence-electron chi connectivity index (χ4n) is 1.94. The normalized spacial score (nSPS) is 12.7. The molecule has 1 rings (SSSR count). The highest BCUT2D eigenvalue weighted by Gasteiger charge is 2.13. The van der Waals surface area contributed by atoms with Gasteiger partial charge in [0, 0.05) is 39.0 Å². The van der Waals surface area contributed by atoms with Gasteiger partial charge >= 0.3 is 0 Å². The molecule has 0 radical (unpaired) electrons. The van der Waals surface area contributed by atoms with Gasteiger partial charge in [0.2, 0.25) is 0 Å². The average molecular weight is 264 g/mol. The fourth-order valence-corrected chi connectivity index (χ4v) is 1.94. The van der Waals surface area contributed by atoms with Crippen LogP contribution in [0, 0.1) is 5.92 Å². The maximum absolute atomic E-state index is 5.01. The molecule has 1 unspecified atom stereocenters. The average Bonchev–Trinajstić information content (AvgIpc) is 2.42. The molecule has 3 heteroatoms. The third-order valence-electron chi connectivity index (χ3n) is 3.73. The minimum absolute atomic E-state index is 0.547. The van der Waals surface area contributed by atoms with Crippen LogP contribution in [0.4, 0.5) is 5.69 Å². The maximum atomic E-state index is 5.01. The lowest BCUT2D eigenvalue weighted by Crippen LogP contribution is -2.33. The Hall–Kier alpha value is -1.06. The second-order valence-electron chi connectivity index (χ2n) is 5.43. The minimum atomic E-state index is 0.547. The molecule has 0 aliphatic carbocycles. The highest BCUT2D eigenvalue weighted by molar-refractivity contribution is 5.47. The molecule has 0 saturated carbocycles. The van der Waals surface area contributed by atoms with Gasteiger partial charge in [0.15, 0.2) is 0 Å². The molecular weight excluding hydrogens is 236 g/mol. The Labute approximate surface area is 118 Å². The van der Waals surface area contributed by atoms with E-state index in [-0.39, 0.29) is 0 Å². The number of ether oxygens (including phenoxy) is 1. The van der Waals surface area contributed by atoms with E-state index >= 15 is 0 Å². The molecule has 0 saturated heterocycles. The Morgan fingerprint density at radius 2 is 1.79 bits per heavy atom. The number of anilines is 1. The van der Waals surface area contributed by atoms with E-state index in [0.29, 0.717) is 12.0 Å². The molecule has 0 spiro atoms. The summed E-state index contributed by atoms with van der Waals surface area (Å²) in [7, 11) is 3.89.